The summed E-state index contributed by atoms with van der Waals surface area (Å²) in [6.45, 7) is 0.275. The second-order valence-corrected chi connectivity index (χ2v) is 7.86. The van der Waals surface area contributed by atoms with Crippen LogP contribution in [-0.2, 0) is 43.2 Å². The highest BCUT2D eigenvalue weighted by Gasteiger charge is 2.25. The van der Waals surface area contributed by atoms with E-state index in [9.17, 15) is 9.00 Å². The molecule has 7 nitrogen and oxygen atoms in total. The highest BCUT2D eigenvalue weighted by Crippen LogP contribution is 2.38. The van der Waals surface area contributed by atoms with Crippen molar-refractivity contribution in [3.05, 3.63) is 40.6 Å². The van der Waals surface area contributed by atoms with Crippen LogP contribution in [0.1, 0.15) is 35.1 Å². The molecule has 0 radical (unpaired) electrons. The SMILES string of the molecule is O=C(Nc1c2c(cc3c1CCC3)CCC2)NS(=O)c1ccn(CCO)n1. The van der Waals surface area contributed by atoms with E-state index < -0.39 is 17.0 Å². The molecule has 2 aromatic rings. The van der Waals surface area contributed by atoms with Crippen LogP contribution in [0.4, 0.5) is 10.5 Å². The molecule has 2 amide bonds. The molecule has 26 heavy (non-hydrogen) atoms. The summed E-state index contributed by atoms with van der Waals surface area (Å²) in [5.74, 6) is 0. The van der Waals surface area contributed by atoms with Gasteiger partial charge in [0.25, 0.3) is 0 Å². The molecule has 1 unspecified atom stereocenters. The van der Waals surface area contributed by atoms with Crippen LogP contribution in [0.5, 0.6) is 0 Å². The zero-order chi connectivity index (χ0) is 18.1. The van der Waals surface area contributed by atoms with Crippen LogP contribution in [0, 0.1) is 0 Å². The number of carbonyl (C=O) groups excluding carboxylic acids is 1. The van der Waals surface area contributed by atoms with E-state index in [0.717, 1.165) is 44.2 Å². The molecule has 4 rings (SSSR count). The van der Waals surface area contributed by atoms with Crippen molar-refractivity contribution in [3.63, 3.8) is 0 Å². The number of aromatic nitrogens is 2. The average Bonchev–Trinajstić information content (AvgIpc) is 3.34. The van der Waals surface area contributed by atoms with Gasteiger partial charge in [0.15, 0.2) is 16.0 Å². The average molecular weight is 374 g/mol. The molecule has 3 N–H and O–H groups in total. The Kier molecular flexibility index (Phi) is 4.78. The normalized spacial score (nSPS) is 16.2. The number of urea groups is 1. The highest BCUT2D eigenvalue weighted by atomic mass is 32.2. The van der Waals surface area contributed by atoms with Crippen LogP contribution in [0.2, 0.25) is 0 Å². The first kappa shape index (κ1) is 17.2. The van der Waals surface area contributed by atoms with Gasteiger partial charge >= 0.3 is 6.03 Å². The van der Waals surface area contributed by atoms with Crippen molar-refractivity contribution in [2.75, 3.05) is 11.9 Å². The van der Waals surface area contributed by atoms with E-state index in [-0.39, 0.29) is 11.6 Å². The van der Waals surface area contributed by atoms with Gasteiger partial charge in [-0.15, -0.1) is 0 Å². The van der Waals surface area contributed by atoms with Gasteiger partial charge in [-0.3, -0.25) is 9.40 Å². The number of benzene rings is 1. The summed E-state index contributed by atoms with van der Waals surface area (Å²) in [6.07, 6.45) is 7.94. The third-order valence-corrected chi connectivity index (χ3v) is 6.00. The summed E-state index contributed by atoms with van der Waals surface area (Å²) >= 11 is 0. The number of rotatable bonds is 5. The standard InChI is InChI=1S/C18H22N4O3S/c23-10-9-22-8-7-16(20-22)26(25)21-18(24)19-17-14-5-1-3-12(14)11-13-4-2-6-15(13)17/h7-8,11,23H,1-6,9-10H2,(H2,19,21,24). The van der Waals surface area contributed by atoms with E-state index >= 15 is 0 Å². The van der Waals surface area contributed by atoms with Crippen molar-refractivity contribution in [1.82, 2.24) is 14.5 Å². The van der Waals surface area contributed by atoms with Gasteiger partial charge in [0.2, 0.25) is 0 Å². The van der Waals surface area contributed by atoms with Crippen LogP contribution < -0.4 is 10.0 Å². The van der Waals surface area contributed by atoms with Crippen molar-refractivity contribution >= 4 is 22.7 Å². The maximum atomic E-state index is 12.4. The van der Waals surface area contributed by atoms with Gasteiger partial charge in [-0.1, -0.05) is 6.07 Å². The topological polar surface area (TPSA) is 96.2 Å². The second-order valence-electron chi connectivity index (χ2n) is 6.70. The number of fused-ring (bicyclic) bond motifs is 2. The van der Waals surface area contributed by atoms with Crippen molar-refractivity contribution in [1.29, 1.82) is 0 Å². The number of hydrogen-bond donors (Lipinski definition) is 3. The van der Waals surface area contributed by atoms with E-state index in [2.05, 4.69) is 21.2 Å². The Morgan fingerprint density at radius 2 is 1.88 bits per heavy atom. The Balaban J connectivity index is 1.49. The molecule has 0 saturated heterocycles. The van der Waals surface area contributed by atoms with Crippen LogP contribution in [-0.4, -0.2) is 31.7 Å². The molecule has 2 aliphatic carbocycles. The Morgan fingerprint density at radius 1 is 1.19 bits per heavy atom. The third kappa shape index (κ3) is 3.26. The number of anilines is 1. The third-order valence-electron chi connectivity index (χ3n) is 5.03. The first-order valence-electron chi connectivity index (χ1n) is 8.96. The van der Waals surface area contributed by atoms with E-state index in [0.29, 0.717) is 6.54 Å². The van der Waals surface area contributed by atoms with Gasteiger partial charge in [0.1, 0.15) is 0 Å². The van der Waals surface area contributed by atoms with Crippen molar-refractivity contribution in [2.45, 2.75) is 50.1 Å². The van der Waals surface area contributed by atoms with E-state index in [4.69, 9.17) is 5.11 Å². The number of hydrogen-bond acceptors (Lipinski definition) is 4. The molecule has 1 aromatic heterocycles. The lowest BCUT2D eigenvalue weighted by atomic mass is 9.99. The molecule has 1 heterocycles. The largest absolute Gasteiger partial charge is 0.394 e. The Labute approximate surface area is 154 Å². The Bertz CT molecular complexity index is 845. The predicted molar refractivity (Wildman–Crippen MR) is 98.4 cm³/mol. The van der Waals surface area contributed by atoms with Crippen LogP contribution in [0.3, 0.4) is 0 Å². The van der Waals surface area contributed by atoms with Gasteiger partial charge in [-0.25, -0.2) is 9.00 Å². The number of carbonyl (C=O) groups is 1. The summed E-state index contributed by atoms with van der Waals surface area (Å²) in [4.78, 5) is 12.4. The van der Waals surface area contributed by atoms with Gasteiger partial charge in [0.05, 0.1) is 13.2 Å². The van der Waals surface area contributed by atoms with Crippen LogP contribution >= 0.6 is 0 Å². The monoisotopic (exact) mass is 374 g/mol. The van der Waals surface area contributed by atoms with E-state index in [1.807, 2.05) is 0 Å². The van der Waals surface area contributed by atoms with Crippen LogP contribution in [0.25, 0.3) is 0 Å². The number of nitrogens with one attached hydrogen (secondary N) is 2. The van der Waals surface area contributed by atoms with Crippen molar-refractivity contribution in [2.24, 2.45) is 0 Å². The summed E-state index contributed by atoms with van der Waals surface area (Å²) in [7, 11) is -1.74. The number of aliphatic hydroxyl groups is 1. The summed E-state index contributed by atoms with van der Waals surface area (Å²) < 4.78 is 16.3. The smallest absolute Gasteiger partial charge is 0.331 e. The van der Waals surface area contributed by atoms with E-state index in [1.54, 1.807) is 12.3 Å². The molecule has 0 aliphatic heterocycles. The molecular weight excluding hydrogens is 352 g/mol. The maximum absolute atomic E-state index is 12.4. The number of amides is 2. The minimum atomic E-state index is -1.74. The first-order chi connectivity index (χ1) is 12.7. The summed E-state index contributed by atoms with van der Waals surface area (Å²) in [6, 6.07) is 3.40. The number of nitrogens with zero attached hydrogens (tertiary/aromatic N) is 2. The fraction of sp³-hybridized carbons (Fsp3) is 0.444. The maximum Gasteiger partial charge on any atom is 0.331 e. The second kappa shape index (κ2) is 7.20. The van der Waals surface area contributed by atoms with Gasteiger partial charge in [-0.2, -0.15) is 5.10 Å². The van der Waals surface area contributed by atoms with Gasteiger partial charge < -0.3 is 10.4 Å². The number of aryl methyl sites for hydroxylation is 2. The zero-order valence-electron chi connectivity index (χ0n) is 14.5. The molecule has 0 spiro atoms. The lowest BCUT2D eigenvalue weighted by molar-refractivity contribution is 0.256. The molecule has 0 saturated carbocycles. The fourth-order valence-electron chi connectivity index (χ4n) is 3.91. The molecule has 2 aliphatic rings. The molecule has 0 bridgehead atoms. The molecule has 1 aromatic carbocycles. The molecular formula is C18H22N4O3S. The first-order valence-corrected chi connectivity index (χ1v) is 10.1. The Morgan fingerprint density at radius 3 is 2.54 bits per heavy atom. The highest BCUT2D eigenvalue weighted by molar-refractivity contribution is 7.83. The quantitative estimate of drug-likeness (QED) is 0.742. The van der Waals surface area contributed by atoms with Crippen molar-refractivity contribution < 1.29 is 14.1 Å². The minimum absolute atomic E-state index is 0.0497. The fourth-order valence-corrected chi connectivity index (χ4v) is 4.60. The Hall–Kier alpha value is -2.19. The lowest BCUT2D eigenvalue weighted by Crippen LogP contribution is -2.31. The summed E-state index contributed by atoms with van der Waals surface area (Å²) in [5.41, 5.74) is 6.07. The molecule has 0 fully saturated rings. The molecule has 138 valence electrons. The van der Waals surface area contributed by atoms with E-state index in [1.165, 1.54) is 26.9 Å². The predicted octanol–water partition coefficient (Wildman–Crippen LogP) is 1.70. The molecule has 8 heteroatoms. The lowest BCUT2D eigenvalue weighted by Gasteiger charge is -2.16. The summed E-state index contributed by atoms with van der Waals surface area (Å²) in [5, 5.41) is 16.2. The van der Waals surface area contributed by atoms with Crippen molar-refractivity contribution in [3.8, 4) is 0 Å². The van der Waals surface area contributed by atoms with Crippen LogP contribution in [0.15, 0.2) is 23.4 Å². The zero-order valence-corrected chi connectivity index (χ0v) is 15.3. The van der Waals surface area contributed by atoms with Gasteiger partial charge in [0, 0.05) is 11.9 Å². The minimum Gasteiger partial charge on any atom is -0.394 e. The number of aliphatic hydroxyl groups excluding tert-OH is 1. The molecule has 1 atom stereocenters. The van der Waals surface area contributed by atoms with Gasteiger partial charge in [-0.05, 0) is 66.8 Å².